The van der Waals surface area contributed by atoms with E-state index < -0.39 is 0 Å². The highest BCUT2D eigenvalue weighted by Gasteiger charge is 2.16. The van der Waals surface area contributed by atoms with Gasteiger partial charge in [-0.1, -0.05) is 0 Å². The molecule has 2 heterocycles. The number of likely N-dealkylation sites (tertiary alicyclic amines) is 1. The molecule has 1 N–H and O–H groups in total. The maximum atomic E-state index is 5.61. The van der Waals surface area contributed by atoms with Crippen LogP contribution >= 0.6 is 0 Å². The molecule has 1 saturated heterocycles. The van der Waals surface area contributed by atoms with Crippen molar-refractivity contribution >= 4 is 0 Å². The second-order valence-corrected chi connectivity index (χ2v) is 3.99. The Morgan fingerprint density at radius 3 is 3.00 bits per heavy atom. The summed E-state index contributed by atoms with van der Waals surface area (Å²) < 4.78 is 5.61. The van der Waals surface area contributed by atoms with Crippen LogP contribution in [-0.2, 0) is 0 Å². The van der Waals surface area contributed by atoms with Crippen molar-refractivity contribution in [2.75, 3.05) is 26.7 Å². The van der Waals surface area contributed by atoms with Crippen molar-refractivity contribution in [2.24, 2.45) is 5.92 Å². The number of aromatic nitrogens is 2. The van der Waals surface area contributed by atoms with Gasteiger partial charge in [0, 0.05) is 0 Å². The molecule has 0 aromatic carbocycles. The Hall–Kier alpha value is -1.03. The van der Waals surface area contributed by atoms with Gasteiger partial charge in [0.1, 0.15) is 0 Å². The molecule has 0 saturated carbocycles. The first-order valence-corrected chi connectivity index (χ1v) is 5.15. The van der Waals surface area contributed by atoms with E-state index in [0.717, 1.165) is 12.4 Å². The molecule has 4 nitrogen and oxygen atoms in total. The SMILES string of the molecule is CN1CCC(COc2cn[nH]c2)CC1. The van der Waals surface area contributed by atoms with Gasteiger partial charge in [-0.05, 0) is 38.9 Å². The number of piperidine rings is 1. The summed E-state index contributed by atoms with van der Waals surface area (Å²) in [6.45, 7) is 3.21. The fraction of sp³-hybridized carbons (Fsp3) is 0.700. The Morgan fingerprint density at radius 1 is 1.57 bits per heavy atom. The summed E-state index contributed by atoms with van der Waals surface area (Å²) in [6.07, 6.45) is 5.99. The van der Waals surface area contributed by atoms with Crippen molar-refractivity contribution in [3.05, 3.63) is 12.4 Å². The van der Waals surface area contributed by atoms with E-state index >= 15 is 0 Å². The molecule has 1 aliphatic heterocycles. The molecule has 14 heavy (non-hydrogen) atoms. The standard InChI is InChI=1S/C10H17N3O/c1-13-4-2-9(3-5-13)8-14-10-6-11-12-7-10/h6-7,9H,2-5,8H2,1H3,(H,11,12). The van der Waals surface area contributed by atoms with Gasteiger partial charge in [-0.15, -0.1) is 0 Å². The molecule has 0 unspecified atom stereocenters. The smallest absolute Gasteiger partial charge is 0.156 e. The van der Waals surface area contributed by atoms with Gasteiger partial charge < -0.3 is 9.64 Å². The van der Waals surface area contributed by atoms with Crippen LogP contribution in [0.4, 0.5) is 0 Å². The van der Waals surface area contributed by atoms with Gasteiger partial charge in [0.15, 0.2) is 5.75 Å². The number of aromatic amines is 1. The van der Waals surface area contributed by atoms with E-state index in [0.29, 0.717) is 5.92 Å². The number of ether oxygens (including phenoxy) is 1. The molecule has 2 rings (SSSR count). The molecule has 1 fully saturated rings. The van der Waals surface area contributed by atoms with Crippen LogP contribution in [0.2, 0.25) is 0 Å². The lowest BCUT2D eigenvalue weighted by Crippen LogP contribution is -2.32. The van der Waals surface area contributed by atoms with Crippen molar-refractivity contribution in [1.82, 2.24) is 15.1 Å². The van der Waals surface area contributed by atoms with E-state index in [1.54, 1.807) is 12.4 Å². The van der Waals surface area contributed by atoms with E-state index in [-0.39, 0.29) is 0 Å². The van der Waals surface area contributed by atoms with Crippen LogP contribution in [0.5, 0.6) is 5.75 Å². The van der Waals surface area contributed by atoms with Gasteiger partial charge in [0.25, 0.3) is 0 Å². The topological polar surface area (TPSA) is 41.1 Å². The first kappa shape index (κ1) is 9.52. The summed E-state index contributed by atoms with van der Waals surface area (Å²) in [6, 6.07) is 0. The lowest BCUT2D eigenvalue weighted by atomic mass is 9.98. The van der Waals surface area contributed by atoms with Gasteiger partial charge in [-0.2, -0.15) is 5.10 Å². The number of hydrogen-bond acceptors (Lipinski definition) is 3. The van der Waals surface area contributed by atoms with E-state index in [2.05, 4.69) is 22.1 Å². The first-order chi connectivity index (χ1) is 6.84. The lowest BCUT2D eigenvalue weighted by molar-refractivity contribution is 0.160. The summed E-state index contributed by atoms with van der Waals surface area (Å²) in [5.74, 6) is 1.56. The molecule has 0 amide bonds. The molecular formula is C10H17N3O. The zero-order valence-electron chi connectivity index (χ0n) is 8.57. The number of rotatable bonds is 3. The summed E-state index contributed by atoms with van der Waals surface area (Å²) in [4.78, 5) is 2.37. The molecule has 0 aliphatic carbocycles. The minimum absolute atomic E-state index is 0.709. The third-order valence-corrected chi connectivity index (χ3v) is 2.80. The molecular weight excluding hydrogens is 178 g/mol. The highest BCUT2D eigenvalue weighted by atomic mass is 16.5. The number of hydrogen-bond donors (Lipinski definition) is 1. The van der Waals surface area contributed by atoms with Crippen molar-refractivity contribution in [2.45, 2.75) is 12.8 Å². The molecule has 0 atom stereocenters. The Kier molecular flexibility index (Phi) is 3.03. The quantitative estimate of drug-likeness (QED) is 0.786. The highest BCUT2D eigenvalue weighted by Crippen LogP contribution is 2.17. The maximum Gasteiger partial charge on any atom is 0.156 e. The summed E-state index contributed by atoms with van der Waals surface area (Å²) in [7, 11) is 2.17. The normalized spacial score (nSPS) is 19.8. The molecule has 0 spiro atoms. The second-order valence-electron chi connectivity index (χ2n) is 3.99. The fourth-order valence-corrected chi connectivity index (χ4v) is 1.76. The van der Waals surface area contributed by atoms with Crippen LogP contribution in [-0.4, -0.2) is 41.8 Å². The number of H-pyrrole nitrogens is 1. The van der Waals surface area contributed by atoms with E-state index in [9.17, 15) is 0 Å². The van der Waals surface area contributed by atoms with Gasteiger partial charge in [-0.25, -0.2) is 0 Å². The molecule has 1 aromatic heterocycles. The zero-order chi connectivity index (χ0) is 9.80. The van der Waals surface area contributed by atoms with Crippen molar-refractivity contribution in [3.63, 3.8) is 0 Å². The van der Waals surface area contributed by atoms with Crippen LogP contribution < -0.4 is 4.74 Å². The molecule has 0 radical (unpaired) electrons. The second kappa shape index (κ2) is 4.46. The average Bonchev–Trinajstić information content (AvgIpc) is 2.70. The Morgan fingerprint density at radius 2 is 2.36 bits per heavy atom. The maximum absolute atomic E-state index is 5.61. The van der Waals surface area contributed by atoms with E-state index in [1.165, 1.54) is 25.9 Å². The van der Waals surface area contributed by atoms with Crippen molar-refractivity contribution < 1.29 is 4.74 Å². The van der Waals surface area contributed by atoms with E-state index in [4.69, 9.17) is 4.74 Å². The van der Waals surface area contributed by atoms with Gasteiger partial charge in [0.05, 0.1) is 19.0 Å². The van der Waals surface area contributed by atoms with Gasteiger partial charge in [-0.3, -0.25) is 5.10 Å². The zero-order valence-corrected chi connectivity index (χ0v) is 8.57. The highest BCUT2D eigenvalue weighted by molar-refractivity contribution is 5.10. The van der Waals surface area contributed by atoms with Crippen molar-refractivity contribution in [3.8, 4) is 5.75 Å². The largest absolute Gasteiger partial charge is 0.490 e. The number of nitrogens with zero attached hydrogens (tertiary/aromatic N) is 2. The predicted octanol–water partition coefficient (Wildman–Crippen LogP) is 1.13. The molecule has 1 aliphatic rings. The van der Waals surface area contributed by atoms with Crippen LogP contribution in [0.3, 0.4) is 0 Å². The van der Waals surface area contributed by atoms with Gasteiger partial charge in [0.2, 0.25) is 0 Å². The van der Waals surface area contributed by atoms with Gasteiger partial charge >= 0.3 is 0 Å². The van der Waals surface area contributed by atoms with Crippen molar-refractivity contribution in [1.29, 1.82) is 0 Å². The molecule has 0 bridgehead atoms. The monoisotopic (exact) mass is 195 g/mol. The van der Waals surface area contributed by atoms with Crippen LogP contribution in [0, 0.1) is 5.92 Å². The molecule has 4 heteroatoms. The Balaban J connectivity index is 1.71. The lowest BCUT2D eigenvalue weighted by Gasteiger charge is -2.28. The summed E-state index contributed by atoms with van der Waals surface area (Å²) in [5, 5.41) is 6.58. The predicted molar refractivity (Wildman–Crippen MR) is 54.3 cm³/mol. The van der Waals surface area contributed by atoms with Crippen LogP contribution in [0.1, 0.15) is 12.8 Å². The Labute approximate surface area is 84.3 Å². The molecule has 1 aromatic rings. The minimum atomic E-state index is 0.709. The summed E-state index contributed by atoms with van der Waals surface area (Å²) in [5.41, 5.74) is 0. The third kappa shape index (κ3) is 2.48. The summed E-state index contributed by atoms with van der Waals surface area (Å²) >= 11 is 0. The van der Waals surface area contributed by atoms with E-state index in [1.807, 2.05) is 0 Å². The number of nitrogens with one attached hydrogen (secondary N) is 1. The van der Waals surface area contributed by atoms with Crippen LogP contribution in [0.15, 0.2) is 12.4 Å². The third-order valence-electron chi connectivity index (χ3n) is 2.80. The first-order valence-electron chi connectivity index (χ1n) is 5.15. The molecule has 78 valence electrons. The minimum Gasteiger partial charge on any atom is -0.490 e. The Bertz CT molecular complexity index is 252. The average molecular weight is 195 g/mol. The fourth-order valence-electron chi connectivity index (χ4n) is 1.76. The van der Waals surface area contributed by atoms with Crippen LogP contribution in [0.25, 0.3) is 0 Å².